The second-order valence-electron chi connectivity index (χ2n) is 1.25. The highest BCUT2D eigenvalue weighted by Crippen LogP contribution is 2.25. The number of ether oxygens (including phenoxy) is 1. The Morgan fingerprint density at radius 3 is 2.00 bits per heavy atom. The van der Waals surface area contributed by atoms with Gasteiger partial charge in [-0.2, -0.15) is 0 Å². The monoisotopic (exact) mass is 176 g/mol. The van der Waals surface area contributed by atoms with E-state index in [2.05, 4.69) is 0 Å². The quantitative estimate of drug-likeness (QED) is 0.589. The molecule has 0 rings (SSSR count). The Kier molecular flexibility index (Phi) is 4.17. The summed E-state index contributed by atoms with van der Waals surface area (Å²) in [4.78, 5) is 0. The molecule has 0 aromatic heterocycles. The first-order valence-electron chi connectivity index (χ1n) is 2.20. The van der Waals surface area contributed by atoms with E-state index in [0.717, 1.165) is 0 Å². The van der Waals surface area contributed by atoms with Gasteiger partial charge in [0.15, 0.2) is 0 Å². The molecule has 8 heavy (non-hydrogen) atoms. The third kappa shape index (κ3) is 6.83. The average molecular weight is 177 g/mol. The molecule has 0 amide bonds. The number of hydrogen-bond acceptors (Lipinski definition) is 1. The molecule has 0 aromatic rings. The van der Waals surface area contributed by atoms with Crippen LogP contribution in [0.2, 0.25) is 0 Å². The van der Waals surface area contributed by atoms with Gasteiger partial charge in [-0.1, -0.05) is 34.8 Å². The van der Waals surface area contributed by atoms with Crippen LogP contribution in [0.1, 0.15) is 6.92 Å². The van der Waals surface area contributed by atoms with Crippen molar-refractivity contribution in [3.8, 4) is 0 Å². The lowest BCUT2D eigenvalue weighted by molar-refractivity contribution is 0.153. The highest BCUT2D eigenvalue weighted by atomic mass is 35.6. The van der Waals surface area contributed by atoms with Gasteiger partial charge in [-0.25, -0.2) is 0 Å². The van der Waals surface area contributed by atoms with Gasteiger partial charge in [0, 0.05) is 6.61 Å². The third-order valence-corrected chi connectivity index (χ3v) is 0.797. The summed E-state index contributed by atoms with van der Waals surface area (Å²) in [5.74, 6) is 0. The molecule has 0 heterocycles. The van der Waals surface area contributed by atoms with E-state index in [1.54, 1.807) is 0 Å². The molecule has 0 N–H and O–H groups in total. The molecule has 50 valence electrons. The minimum Gasteiger partial charge on any atom is -0.377 e. The number of halogens is 3. The molecule has 0 spiro atoms. The van der Waals surface area contributed by atoms with E-state index in [-0.39, 0.29) is 6.61 Å². The standard InChI is InChI=1S/C4H7Cl3O/c1-2-8-3-4(5,6)7/h2-3H2,1H3. The third-order valence-electron chi connectivity index (χ3n) is 0.470. The molecular weight excluding hydrogens is 170 g/mol. The Morgan fingerprint density at radius 1 is 1.38 bits per heavy atom. The van der Waals surface area contributed by atoms with E-state index in [0.29, 0.717) is 6.61 Å². The Hall–Kier alpha value is 0.830. The van der Waals surface area contributed by atoms with Crippen molar-refractivity contribution in [2.45, 2.75) is 10.7 Å². The zero-order valence-corrected chi connectivity index (χ0v) is 6.72. The lowest BCUT2D eigenvalue weighted by Gasteiger charge is -2.08. The van der Waals surface area contributed by atoms with Crippen molar-refractivity contribution < 1.29 is 4.74 Å². The Balaban J connectivity index is 3.11. The summed E-state index contributed by atoms with van der Waals surface area (Å²) in [6.07, 6.45) is 0. The second-order valence-corrected chi connectivity index (χ2v) is 3.77. The predicted octanol–water partition coefficient (Wildman–Crippen LogP) is 2.39. The average Bonchev–Trinajstić information content (AvgIpc) is 1.59. The molecule has 0 aliphatic carbocycles. The molecule has 0 aliphatic heterocycles. The Labute approximate surface area is 63.9 Å². The van der Waals surface area contributed by atoms with Crippen LogP contribution in [0, 0.1) is 0 Å². The van der Waals surface area contributed by atoms with Crippen molar-refractivity contribution in [1.82, 2.24) is 0 Å². The van der Waals surface area contributed by atoms with Crippen LogP contribution in [-0.2, 0) is 4.74 Å². The molecular formula is C4H7Cl3O. The summed E-state index contributed by atoms with van der Waals surface area (Å²) < 4.78 is 3.55. The van der Waals surface area contributed by atoms with E-state index in [4.69, 9.17) is 39.5 Å². The maximum atomic E-state index is 5.32. The van der Waals surface area contributed by atoms with Crippen LogP contribution in [0.5, 0.6) is 0 Å². The number of alkyl halides is 3. The predicted molar refractivity (Wildman–Crippen MR) is 36.8 cm³/mol. The lowest BCUT2D eigenvalue weighted by atomic mass is 10.8. The highest BCUT2D eigenvalue weighted by molar-refractivity contribution is 6.67. The van der Waals surface area contributed by atoms with Gasteiger partial charge >= 0.3 is 0 Å². The topological polar surface area (TPSA) is 9.23 Å². The van der Waals surface area contributed by atoms with E-state index < -0.39 is 3.79 Å². The molecule has 0 bridgehead atoms. The fraction of sp³-hybridized carbons (Fsp3) is 1.00. The van der Waals surface area contributed by atoms with Crippen molar-refractivity contribution in [3.63, 3.8) is 0 Å². The van der Waals surface area contributed by atoms with E-state index in [9.17, 15) is 0 Å². The minimum atomic E-state index is -1.25. The van der Waals surface area contributed by atoms with Gasteiger partial charge in [0.2, 0.25) is 3.79 Å². The number of hydrogen-bond donors (Lipinski definition) is 0. The van der Waals surface area contributed by atoms with Gasteiger partial charge in [0.05, 0.1) is 6.61 Å². The van der Waals surface area contributed by atoms with Crippen LogP contribution in [-0.4, -0.2) is 17.0 Å². The van der Waals surface area contributed by atoms with Crippen molar-refractivity contribution in [2.75, 3.05) is 13.2 Å². The second kappa shape index (κ2) is 3.78. The van der Waals surface area contributed by atoms with Crippen LogP contribution in [0.15, 0.2) is 0 Å². The van der Waals surface area contributed by atoms with Gasteiger partial charge in [-0.3, -0.25) is 0 Å². The smallest absolute Gasteiger partial charge is 0.213 e. The maximum absolute atomic E-state index is 5.32. The van der Waals surface area contributed by atoms with Gasteiger partial charge in [-0.15, -0.1) is 0 Å². The van der Waals surface area contributed by atoms with Crippen molar-refractivity contribution in [3.05, 3.63) is 0 Å². The largest absolute Gasteiger partial charge is 0.377 e. The first kappa shape index (κ1) is 8.83. The minimum absolute atomic E-state index is 0.161. The van der Waals surface area contributed by atoms with Crippen LogP contribution < -0.4 is 0 Å². The van der Waals surface area contributed by atoms with Gasteiger partial charge in [0.25, 0.3) is 0 Å². The van der Waals surface area contributed by atoms with E-state index in [1.165, 1.54) is 0 Å². The zero-order chi connectivity index (χ0) is 6.62. The highest BCUT2D eigenvalue weighted by Gasteiger charge is 2.18. The van der Waals surface area contributed by atoms with Crippen LogP contribution >= 0.6 is 34.8 Å². The van der Waals surface area contributed by atoms with Crippen molar-refractivity contribution in [1.29, 1.82) is 0 Å². The van der Waals surface area contributed by atoms with Crippen LogP contribution in [0.25, 0.3) is 0 Å². The van der Waals surface area contributed by atoms with E-state index >= 15 is 0 Å². The molecule has 0 unspecified atom stereocenters. The Bertz CT molecular complexity index is 58.8. The van der Waals surface area contributed by atoms with Crippen LogP contribution in [0.3, 0.4) is 0 Å². The first-order valence-corrected chi connectivity index (χ1v) is 3.34. The molecule has 0 saturated carbocycles. The van der Waals surface area contributed by atoms with E-state index in [1.807, 2.05) is 6.92 Å². The number of rotatable bonds is 2. The lowest BCUT2D eigenvalue weighted by Crippen LogP contribution is -2.12. The summed E-state index contributed by atoms with van der Waals surface area (Å²) >= 11 is 16.0. The molecule has 4 heteroatoms. The van der Waals surface area contributed by atoms with Crippen molar-refractivity contribution >= 4 is 34.8 Å². The first-order chi connectivity index (χ1) is 3.56. The summed E-state index contributed by atoms with van der Waals surface area (Å²) in [6, 6.07) is 0. The molecule has 0 aliphatic rings. The zero-order valence-electron chi connectivity index (χ0n) is 4.46. The molecule has 0 fully saturated rings. The summed E-state index contributed by atoms with van der Waals surface area (Å²) in [5, 5.41) is 0. The van der Waals surface area contributed by atoms with Gasteiger partial charge in [0.1, 0.15) is 0 Å². The molecule has 0 saturated heterocycles. The normalized spacial score (nSPS) is 12.0. The molecule has 0 radical (unpaired) electrons. The van der Waals surface area contributed by atoms with Gasteiger partial charge < -0.3 is 4.74 Å². The fourth-order valence-corrected chi connectivity index (χ4v) is 0.449. The maximum Gasteiger partial charge on any atom is 0.213 e. The molecule has 1 nitrogen and oxygen atoms in total. The summed E-state index contributed by atoms with van der Waals surface area (Å²) in [5.41, 5.74) is 0. The fourth-order valence-electron chi connectivity index (χ4n) is 0.218. The van der Waals surface area contributed by atoms with Gasteiger partial charge in [-0.05, 0) is 6.92 Å². The SMILES string of the molecule is CCOCC(Cl)(Cl)Cl. The molecule has 0 atom stereocenters. The van der Waals surface area contributed by atoms with Crippen molar-refractivity contribution in [2.24, 2.45) is 0 Å². The summed E-state index contributed by atoms with van der Waals surface area (Å²) in [7, 11) is 0. The van der Waals surface area contributed by atoms with Crippen LogP contribution in [0.4, 0.5) is 0 Å². The molecule has 0 aromatic carbocycles. The summed E-state index contributed by atoms with van der Waals surface area (Å²) in [6.45, 7) is 2.58. The Morgan fingerprint density at radius 2 is 1.88 bits per heavy atom.